The van der Waals surface area contributed by atoms with Gasteiger partial charge in [-0.15, -0.1) is 22.7 Å². The van der Waals surface area contributed by atoms with Gasteiger partial charge < -0.3 is 10.1 Å². The Labute approximate surface area is 156 Å². The molecule has 1 amide bonds. The zero-order valence-electron chi connectivity index (χ0n) is 13.3. The van der Waals surface area contributed by atoms with Gasteiger partial charge in [-0.1, -0.05) is 11.6 Å². The first-order chi connectivity index (χ1) is 11.9. The number of carbonyl (C=O) groups is 2. The average molecular weight is 398 g/mol. The number of thiophene rings is 2. The molecule has 2 heterocycles. The van der Waals surface area contributed by atoms with Crippen LogP contribution in [0.15, 0.2) is 24.3 Å². The van der Waals surface area contributed by atoms with Crippen molar-refractivity contribution in [3.63, 3.8) is 0 Å². The van der Waals surface area contributed by atoms with Crippen LogP contribution in [0.1, 0.15) is 31.8 Å². The number of nitrogens with one attached hydrogen (secondary N) is 1. The lowest BCUT2D eigenvalue weighted by atomic mass is 10.2. The van der Waals surface area contributed by atoms with E-state index in [1.165, 1.54) is 23.5 Å². The number of carbonyl (C=O) groups excluding carboxylic acids is 2. The predicted molar refractivity (Wildman–Crippen MR) is 99.8 cm³/mol. The third kappa shape index (κ3) is 3.53. The summed E-state index contributed by atoms with van der Waals surface area (Å²) >= 11 is 8.64. The summed E-state index contributed by atoms with van der Waals surface area (Å²) in [5.74, 6) is -1.33. The minimum atomic E-state index is -0.494. The molecule has 1 aromatic carbocycles. The zero-order chi connectivity index (χ0) is 18.1. The summed E-state index contributed by atoms with van der Waals surface area (Å²) in [4.78, 5) is 25.7. The number of halogens is 2. The number of benzene rings is 1. The van der Waals surface area contributed by atoms with Crippen molar-refractivity contribution in [2.45, 2.75) is 13.8 Å². The quantitative estimate of drug-likeness (QED) is 0.592. The van der Waals surface area contributed by atoms with E-state index in [0.29, 0.717) is 20.7 Å². The third-order valence-electron chi connectivity index (χ3n) is 3.38. The van der Waals surface area contributed by atoms with Crippen molar-refractivity contribution in [1.29, 1.82) is 0 Å². The fourth-order valence-electron chi connectivity index (χ4n) is 2.31. The molecule has 0 saturated carbocycles. The van der Waals surface area contributed by atoms with Crippen LogP contribution in [0.3, 0.4) is 0 Å². The molecule has 1 N–H and O–H groups in total. The molecule has 0 spiro atoms. The molecule has 0 atom stereocenters. The van der Waals surface area contributed by atoms with E-state index in [2.05, 4.69) is 5.32 Å². The van der Waals surface area contributed by atoms with Gasteiger partial charge in [0.2, 0.25) is 0 Å². The molecule has 0 aliphatic heterocycles. The van der Waals surface area contributed by atoms with Crippen LogP contribution in [0, 0.1) is 12.7 Å². The number of hydrogen-bond acceptors (Lipinski definition) is 5. The summed E-state index contributed by atoms with van der Waals surface area (Å²) in [5.41, 5.74) is 0.306. The standard InChI is InChI=1S/C17H13ClFNO3S2/c1-3-23-17(22)11-6-8(2)24-16(11)20-15(21)14-13(18)10-5-4-9(19)7-12(10)25-14/h4-7H,3H2,1-2H3,(H,20,21). The Bertz CT molecular complexity index is 980. The van der Waals surface area contributed by atoms with E-state index in [0.717, 1.165) is 16.2 Å². The smallest absolute Gasteiger partial charge is 0.341 e. The molecule has 0 saturated heterocycles. The van der Waals surface area contributed by atoms with E-state index in [4.69, 9.17) is 16.3 Å². The number of amides is 1. The molecule has 8 heteroatoms. The van der Waals surface area contributed by atoms with E-state index in [1.54, 1.807) is 19.1 Å². The fraction of sp³-hybridized carbons (Fsp3) is 0.176. The normalized spacial score (nSPS) is 10.9. The molecule has 2 aromatic heterocycles. The lowest BCUT2D eigenvalue weighted by Crippen LogP contribution is -2.13. The van der Waals surface area contributed by atoms with Crippen molar-refractivity contribution < 1.29 is 18.7 Å². The van der Waals surface area contributed by atoms with Gasteiger partial charge in [-0.05, 0) is 38.1 Å². The highest BCUT2D eigenvalue weighted by Crippen LogP contribution is 2.37. The monoisotopic (exact) mass is 397 g/mol. The second-order valence-electron chi connectivity index (χ2n) is 5.16. The number of esters is 1. The Balaban J connectivity index is 1.93. The molecule has 0 aliphatic rings. The van der Waals surface area contributed by atoms with Gasteiger partial charge in [0.05, 0.1) is 17.2 Å². The van der Waals surface area contributed by atoms with Gasteiger partial charge in [-0.2, -0.15) is 0 Å². The van der Waals surface area contributed by atoms with E-state index < -0.39 is 17.7 Å². The molecule has 4 nitrogen and oxygen atoms in total. The van der Waals surface area contributed by atoms with E-state index in [-0.39, 0.29) is 16.5 Å². The van der Waals surface area contributed by atoms with Crippen LogP contribution < -0.4 is 5.32 Å². The molecule has 0 unspecified atom stereocenters. The number of aryl methyl sites for hydroxylation is 1. The highest BCUT2D eigenvalue weighted by Gasteiger charge is 2.22. The van der Waals surface area contributed by atoms with Crippen molar-refractivity contribution in [3.8, 4) is 0 Å². The molecule has 3 aromatic rings. The Morgan fingerprint density at radius 2 is 2.04 bits per heavy atom. The summed E-state index contributed by atoms with van der Waals surface area (Å²) in [5, 5.41) is 4.00. The number of ether oxygens (including phenoxy) is 1. The molecule has 25 heavy (non-hydrogen) atoms. The highest BCUT2D eigenvalue weighted by atomic mass is 35.5. The second kappa shape index (κ2) is 7.11. The largest absolute Gasteiger partial charge is 0.462 e. The van der Waals surface area contributed by atoms with E-state index in [9.17, 15) is 14.0 Å². The summed E-state index contributed by atoms with van der Waals surface area (Å²) in [7, 11) is 0. The zero-order valence-corrected chi connectivity index (χ0v) is 15.7. The predicted octanol–water partition coefficient (Wildman–Crippen LogP) is 5.49. The van der Waals surface area contributed by atoms with Crippen LogP contribution in [0.5, 0.6) is 0 Å². The Morgan fingerprint density at radius 3 is 2.76 bits per heavy atom. The maximum atomic E-state index is 13.4. The molecular weight excluding hydrogens is 385 g/mol. The topological polar surface area (TPSA) is 55.4 Å². The van der Waals surface area contributed by atoms with Crippen LogP contribution in [0.25, 0.3) is 10.1 Å². The molecular formula is C17H13ClFNO3S2. The highest BCUT2D eigenvalue weighted by molar-refractivity contribution is 7.22. The number of hydrogen-bond donors (Lipinski definition) is 1. The first kappa shape index (κ1) is 17.8. The maximum absolute atomic E-state index is 13.4. The SMILES string of the molecule is CCOC(=O)c1cc(C)sc1NC(=O)c1sc2cc(F)ccc2c1Cl. The fourth-order valence-corrected chi connectivity index (χ4v) is 4.64. The van der Waals surface area contributed by atoms with Crippen molar-refractivity contribution in [1.82, 2.24) is 0 Å². The van der Waals surface area contributed by atoms with Gasteiger partial charge in [-0.25, -0.2) is 9.18 Å². The third-order valence-corrected chi connectivity index (χ3v) is 6.00. The van der Waals surface area contributed by atoms with Crippen LogP contribution in [-0.4, -0.2) is 18.5 Å². The maximum Gasteiger partial charge on any atom is 0.341 e. The van der Waals surface area contributed by atoms with Crippen molar-refractivity contribution in [2.75, 3.05) is 11.9 Å². The summed E-state index contributed by atoms with van der Waals surface area (Å²) in [6.45, 7) is 3.79. The van der Waals surface area contributed by atoms with Crippen molar-refractivity contribution >= 4 is 61.2 Å². The Morgan fingerprint density at radius 1 is 1.28 bits per heavy atom. The van der Waals surface area contributed by atoms with Gasteiger partial charge in [0.15, 0.2) is 0 Å². The minimum Gasteiger partial charge on any atom is -0.462 e. The summed E-state index contributed by atoms with van der Waals surface area (Å²) < 4.78 is 18.9. The van der Waals surface area contributed by atoms with Gasteiger partial charge >= 0.3 is 5.97 Å². The minimum absolute atomic E-state index is 0.245. The molecule has 0 fully saturated rings. The summed E-state index contributed by atoms with van der Waals surface area (Å²) in [6.07, 6.45) is 0. The van der Waals surface area contributed by atoms with E-state index in [1.807, 2.05) is 6.92 Å². The van der Waals surface area contributed by atoms with Crippen molar-refractivity contribution in [3.05, 3.63) is 50.4 Å². The number of fused-ring (bicyclic) bond motifs is 1. The van der Waals surface area contributed by atoms with Crippen molar-refractivity contribution in [2.24, 2.45) is 0 Å². The second-order valence-corrected chi connectivity index (χ2v) is 7.85. The number of rotatable bonds is 4. The molecule has 3 rings (SSSR count). The van der Waals surface area contributed by atoms with Crippen LogP contribution >= 0.6 is 34.3 Å². The van der Waals surface area contributed by atoms with E-state index >= 15 is 0 Å². The molecule has 130 valence electrons. The molecule has 0 aliphatic carbocycles. The first-order valence-corrected chi connectivity index (χ1v) is 9.38. The van der Waals surface area contributed by atoms with Gasteiger partial charge in [0, 0.05) is 15.0 Å². The lowest BCUT2D eigenvalue weighted by molar-refractivity contribution is 0.0528. The van der Waals surface area contributed by atoms with Crippen LogP contribution in [0.2, 0.25) is 5.02 Å². The Kier molecular flexibility index (Phi) is 5.08. The average Bonchev–Trinajstić information content (AvgIpc) is 3.07. The Hall–Kier alpha value is -1.96. The van der Waals surface area contributed by atoms with Crippen LogP contribution in [0.4, 0.5) is 9.39 Å². The lowest BCUT2D eigenvalue weighted by Gasteiger charge is -2.05. The van der Waals surface area contributed by atoms with Gasteiger partial charge in [-0.3, -0.25) is 4.79 Å². The van der Waals surface area contributed by atoms with Crippen LogP contribution in [-0.2, 0) is 4.74 Å². The van der Waals surface area contributed by atoms with Gasteiger partial charge in [0.25, 0.3) is 5.91 Å². The van der Waals surface area contributed by atoms with Gasteiger partial charge in [0.1, 0.15) is 15.7 Å². The first-order valence-electron chi connectivity index (χ1n) is 7.37. The molecule has 0 radical (unpaired) electrons. The number of anilines is 1. The molecule has 0 bridgehead atoms. The summed E-state index contributed by atoms with van der Waals surface area (Å²) in [6, 6.07) is 5.84.